The average molecular weight is 376 g/mol. The Morgan fingerprint density at radius 3 is 2.44 bits per heavy atom. The lowest BCUT2D eigenvalue weighted by molar-refractivity contribution is -0.137. The molecular weight excluding hydrogens is 357 g/mol. The molecule has 1 heterocycles. The van der Waals surface area contributed by atoms with E-state index in [1.165, 1.54) is 17.0 Å². The van der Waals surface area contributed by atoms with E-state index in [1.54, 1.807) is 36.2 Å². The summed E-state index contributed by atoms with van der Waals surface area (Å²) >= 11 is 0. The highest BCUT2D eigenvalue weighted by atomic mass is 19.4. The Balaban J connectivity index is 1.71. The number of halogens is 3. The average Bonchev–Trinajstić information content (AvgIpc) is 3.07. The normalized spacial score (nSPS) is 14.5. The Kier molecular flexibility index (Phi) is 5.21. The third-order valence-electron chi connectivity index (χ3n) is 4.53. The van der Waals surface area contributed by atoms with Crippen LogP contribution in [-0.2, 0) is 17.5 Å². The lowest BCUT2D eigenvalue weighted by Crippen LogP contribution is -2.27. The van der Waals surface area contributed by atoms with E-state index in [2.05, 4.69) is 0 Å². The monoisotopic (exact) mass is 376 g/mol. The van der Waals surface area contributed by atoms with Gasteiger partial charge in [-0.05, 0) is 42.3 Å². The Morgan fingerprint density at radius 2 is 1.85 bits per heavy atom. The van der Waals surface area contributed by atoms with Crippen molar-refractivity contribution in [1.82, 2.24) is 4.90 Å². The molecule has 0 spiro atoms. The van der Waals surface area contributed by atoms with Gasteiger partial charge < -0.3 is 9.80 Å². The van der Waals surface area contributed by atoms with Gasteiger partial charge in [-0.1, -0.05) is 18.2 Å². The largest absolute Gasteiger partial charge is 0.416 e. The van der Waals surface area contributed by atoms with Crippen molar-refractivity contribution >= 4 is 17.5 Å². The van der Waals surface area contributed by atoms with E-state index >= 15 is 0 Å². The van der Waals surface area contributed by atoms with Gasteiger partial charge in [-0.2, -0.15) is 13.2 Å². The van der Waals surface area contributed by atoms with Gasteiger partial charge in [0.05, 0.1) is 5.56 Å². The highest BCUT2D eigenvalue weighted by molar-refractivity contribution is 5.99. The second-order valence-corrected chi connectivity index (χ2v) is 6.56. The lowest BCUT2D eigenvalue weighted by atomic mass is 10.1. The molecule has 2 aromatic carbocycles. The second kappa shape index (κ2) is 7.42. The molecule has 1 aliphatic heterocycles. The van der Waals surface area contributed by atoms with E-state index in [0.717, 1.165) is 18.6 Å². The topological polar surface area (TPSA) is 40.6 Å². The van der Waals surface area contributed by atoms with Gasteiger partial charge in [0.2, 0.25) is 5.91 Å². The number of amides is 2. The maximum absolute atomic E-state index is 12.7. The fraction of sp³-hybridized carbons (Fsp3) is 0.300. The van der Waals surface area contributed by atoms with Crippen molar-refractivity contribution in [3.8, 4) is 0 Å². The first kappa shape index (κ1) is 18.9. The SMILES string of the molecule is CN(Cc1ccc(C(F)(F)F)cc1)C(=O)c1cccc(N2CCCC2=O)c1. The number of alkyl halides is 3. The van der Waals surface area contributed by atoms with Crippen LogP contribution >= 0.6 is 0 Å². The Hall–Kier alpha value is -2.83. The zero-order valence-electron chi connectivity index (χ0n) is 14.8. The van der Waals surface area contributed by atoms with E-state index in [0.29, 0.717) is 29.8 Å². The predicted octanol–water partition coefficient (Wildman–Crippen LogP) is 4.10. The minimum atomic E-state index is -4.38. The molecule has 142 valence electrons. The first-order chi connectivity index (χ1) is 12.8. The van der Waals surface area contributed by atoms with E-state index in [9.17, 15) is 22.8 Å². The van der Waals surface area contributed by atoms with Crippen molar-refractivity contribution in [2.24, 2.45) is 0 Å². The molecule has 2 amide bonds. The quantitative estimate of drug-likeness (QED) is 0.806. The molecule has 1 aliphatic rings. The summed E-state index contributed by atoms with van der Waals surface area (Å²) < 4.78 is 37.9. The minimum Gasteiger partial charge on any atom is -0.337 e. The molecule has 0 N–H and O–H groups in total. The van der Waals surface area contributed by atoms with Gasteiger partial charge in [-0.25, -0.2) is 0 Å². The molecule has 0 aliphatic carbocycles. The number of hydrogen-bond donors (Lipinski definition) is 0. The molecule has 3 rings (SSSR count). The zero-order valence-corrected chi connectivity index (χ0v) is 14.8. The standard InChI is InChI=1S/C20H19F3N2O2/c1-24(13-14-7-9-16(10-8-14)20(21,22)23)19(27)15-4-2-5-17(12-15)25-11-3-6-18(25)26/h2,4-5,7-10,12H,3,6,11,13H2,1H3. The molecule has 0 bridgehead atoms. The molecular formula is C20H19F3N2O2. The lowest BCUT2D eigenvalue weighted by Gasteiger charge is -2.20. The van der Waals surface area contributed by atoms with Crippen LogP contribution in [0.25, 0.3) is 0 Å². The van der Waals surface area contributed by atoms with Crippen LogP contribution in [0.15, 0.2) is 48.5 Å². The summed E-state index contributed by atoms with van der Waals surface area (Å²) in [6.45, 7) is 0.821. The van der Waals surface area contributed by atoms with Crippen LogP contribution in [0.3, 0.4) is 0 Å². The van der Waals surface area contributed by atoms with Crippen molar-refractivity contribution in [1.29, 1.82) is 0 Å². The highest BCUT2D eigenvalue weighted by Gasteiger charge is 2.30. The number of carbonyl (C=O) groups is 2. The summed E-state index contributed by atoms with van der Waals surface area (Å²) in [4.78, 5) is 27.6. The molecule has 27 heavy (non-hydrogen) atoms. The van der Waals surface area contributed by atoms with Crippen LogP contribution in [0.2, 0.25) is 0 Å². The van der Waals surface area contributed by atoms with Crippen LogP contribution in [0.4, 0.5) is 18.9 Å². The number of rotatable bonds is 4. The van der Waals surface area contributed by atoms with Gasteiger partial charge in [0.1, 0.15) is 0 Å². The van der Waals surface area contributed by atoms with Crippen LogP contribution in [0.1, 0.15) is 34.3 Å². The van der Waals surface area contributed by atoms with Crippen molar-refractivity contribution in [3.63, 3.8) is 0 Å². The Morgan fingerprint density at radius 1 is 1.15 bits per heavy atom. The predicted molar refractivity (Wildman–Crippen MR) is 95.3 cm³/mol. The van der Waals surface area contributed by atoms with E-state index < -0.39 is 11.7 Å². The first-order valence-corrected chi connectivity index (χ1v) is 8.58. The highest BCUT2D eigenvalue weighted by Crippen LogP contribution is 2.29. The molecule has 0 radical (unpaired) electrons. The summed E-state index contributed by atoms with van der Waals surface area (Å²) in [6, 6.07) is 11.6. The molecule has 0 saturated carbocycles. The summed E-state index contributed by atoms with van der Waals surface area (Å²) in [6.07, 6.45) is -3.08. The molecule has 1 saturated heterocycles. The van der Waals surface area contributed by atoms with E-state index in [1.807, 2.05) is 0 Å². The molecule has 0 unspecified atom stereocenters. The maximum Gasteiger partial charge on any atom is 0.416 e. The fourth-order valence-corrected chi connectivity index (χ4v) is 3.09. The zero-order chi connectivity index (χ0) is 19.6. The summed E-state index contributed by atoms with van der Waals surface area (Å²) in [5.41, 5.74) is 1.00. The van der Waals surface area contributed by atoms with Gasteiger partial charge in [-0.15, -0.1) is 0 Å². The number of carbonyl (C=O) groups excluding carboxylic acids is 2. The summed E-state index contributed by atoms with van der Waals surface area (Å²) in [7, 11) is 1.59. The fourth-order valence-electron chi connectivity index (χ4n) is 3.09. The molecule has 1 fully saturated rings. The van der Waals surface area contributed by atoms with Crippen molar-refractivity contribution in [3.05, 3.63) is 65.2 Å². The Labute approximate surface area is 155 Å². The van der Waals surface area contributed by atoms with Gasteiger partial charge in [0.15, 0.2) is 0 Å². The van der Waals surface area contributed by atoms with Gasteiger partial charge in [0, 0.05) is 37.8 Å². The van der Waals surface area contributed by atoms with Crippen molar-refractivity contribution in [2.75, 3.05) is 18.5 Å². The molecule has 0 atom stereocenters. The third kappa shape index (κ3) is 4.30. The number of hydrogen-bond acceptors (Lipinski definition) is 2. The minimum absolute atomic E-state index is 0.0395. The number of anilines is 1. The molecule has 7 heteroatoms. The third-order valence-corrected chi connectivity index (χ3v) is 4.53. The molecule has 4 nitrogen and oxygen atoms in total. The van der Waals surface area contributed by atoms with Gasteiger partial charge in [-0.3, -0.25) is 9.59 Å². The van der Waals surface area contributed by atoms with Crippen LogP contribution < -0.4 is 4.90 Å². The first-order valence-electron chi connectivity index (χ1n) is 8.58. The molecule has 2 aromatic rings. The van der Waals surface area contributed by atoms with Crippen LogP contribution in [0.5, 0.6) is 0 Å². The Bertz CT molecular complexity index is 847. The second-order valence-electron chi connectivity index (χ2n) is 6.56. The summed E-state index contributed by atoms with van der Waals surface area (Å²) in [5.74, 6) is -0.221. The molecule has 0 aromatic heterocycles. The smallest absolute Gasteiger partial charge is 0.337 e. The number of benzene rings is 2. The van der Waals surface area contributed by atoms with Crippen molar-refractivity contribution in [2.45, 2.75) is 25.6 Å². The van der Waals surface area contributed by atoms with Crippen LogP contribution in [-0.4, -0.2) is 30.3 Å². The van der Waals surface area contributed by atoms with Gasteiger partial charge in [0.25, 0.3) is 5.91 Å². The van der Waals surface area contributed by atoms with Gasteiger partial charge >= 0.3 is 6.18 Å². The van der Waals surface area contributed by atoms with Crippen molar-refractivity contribution < 1.29 is 22.8 Å². The van der Waals surface area contributed by atoms with E-state index in [4.69, 9.17) is 0 Å². The van der Waals surface area contributed by atoms with E-state index in [-0.39, 0.29) is 18.4 Å². The van der Waals surface area contributed by atoms with Crippen LogP contribution in [0, 0.1) is 0 Å². The maximum atomic E-state index is 12.7. The summed E-state index contributed by atoms with van der Waals surface area (Å²) in [5, 5.41) is 0. The number of nitrogens with zero attached hydrogens (tertiary/aromatic N) is 2.